The van der Waals surface area contributed by atoms with Gasteiger partial charge in [0, 0.05) is 12.8 Å². The van der Waals surface area contributed by atoms with Gasteiger partial charge >= 0.3 is 5.97 Å². The van der Waals surface area contributed by atoms with Crippen LogP contribution in [0, 0.1) is 5.92 Å². The summed E-state index contributed by atoms with van der Waals surface area (Å²) in [6.07, 6.45) is 0.645. The van der Waals surface area contributed by atoms with Crippen molar-refractivity contribution >= 4 is 11.9 Å². The maximum absolute atomic E-state index is 13.0. The molecule has 3 aromatic carbocycles. The first kappa shape index (κ1) is 31.4. The summed E-state index contributed by atoms with van der Waals surface area (Å²) >= 11 is 0. The summed E-state index contributed by atoms with van der Waals surface area (Å²) in [6.45, 7) is 2.13. The third-order valence-corrected chi connectivity index (χ3v) is 8.05. The van der Waals surface area contributed by atoms with Crippen molar-refractivity contribution in [3.63, 3.8) is 0 Å². The lowest BCUT2D eigenvalue weighted by Crippen LogP contribution is -2.78. The highest BCUT2D eigenvalue weighted by Gasteiger charge is 2.63. The van der Waals surface area contributed by atoms with Crippen LogP contribution in [0.1, 0.15) is 30.0 Å². The van der Waals surface area contributed by atoms with E-state index in [1.165, 1.54) is 14.0 Å². The van der Waals surface area contributed by atoms with Gasteiger partial charge in [-0.25, -0.2) is 0 Å². The van der Waals surface area contributed by atoms with E-state index in [0.717, 1.165) is 22.4 Å². The number of benzene rings is 3. The van der Waals surface area contributed by atoms with Crippen LogP contribution in [0.15, 0.2) is 97.1 Å². The molecule has 3 aromatic rings. The second kappa shape index (κ2) is 14.6. The van der Waals surface area contributed by atoms with Gasteiger partial charge in [-0.15, -0.1) is 0 Å². The standard InChI is InChI=1S/C35H39NO8/c1-24(37)36-35-28(20-31(38)40-3)16-19-30(32(35)41-21-25-10-6-4-7-11-25)44-34(33(35)42-22-26-12-8-5-9-13-26)43-23-27-14-17-29(39-2)18-15-27/h4-19,28,30,32-34H,20-23H2,1-3H3,(H,36,37)/t28-,30-,32-,33-,34+,35-/m1/s1. The summed E-state index contributed by atoms with van der Waals surface area (Å²) in [4.78, 5) is 25.8. The van der Waals surface area contributed by atoms with Crippen molar-refractivity contribution in [1.82, 2.24) is 5.32 Å². The number of amides is 1. The van der Waals surface area contributed by atoms with Crippen LogP contribution in [0.5, 0.6) is 5.75 Å². The van der Waals surface area contributed by atoms with Gasteiger partial charge in [0.2, 0.25) is 5.91 Å². The largest absolute Gasteiger partial charge is 0.497 e. The molecule has 0 radical (unpaired) electrons. The summed E-state index contributed by atoms with van der Waals surface area (Å²) < 4.78 is 36.6. The molecule has 1 N–H and O–H groups in total. The summed E-state index contributed by atoms with van der Waals surface area (Å²) in [5, 5.41) is 3.20. The number of hydrogen-bond acceptors (Lipinski definition) is 8. The SMILES string of the molecule is COC(=O)C[C@H]1C=C[C@H]2O[C@H](OCc3ccc(OC)cc3)[C@@H](OCc3ccccc3)[C@]1(NC(C)=O)[C@@H]2OCc1ccccc1. The topological polar surface area (TPSA) is 102 Å². The first-order valence-electron chi connectivity index (χ1n) is 14.7. The van der Waals surface area contributed by atoms with Gasteiger partial charge in [-0.1, -0.05) is 84.9 Å². The maximum Gasteiger partial charge on any atom is 0.306 e. The molecule has 44 heavy (non-hydrogen) atoms. The van der Waals surface area contributed by atoms with Gasteiger partial charge in [0.05, 0.1) is 40.5 Å². The third kappa shape index (κ3) is 7.19. The minimum atomic E-state index is -1.24. The molecule has 9 nitrogen and oxygen atoms in total. The number of esters is 1. The van der Waals surface area contributed by atoms with Crippen LogP contribution in [-0.4, -0.2) is 56.2 Å². The zero-order chi connectivity index (χ0) is 30.9. The normalized spacial score (nSPS) is 25.7. The lowest BCUT2D eigenvalue weighted by molar-refractivity contribution is -0.316. The highest BCUT2D eigenvalue weighted by Crippen LogP contribution is 2.46. The Kier molecular flexibility index (Phi) is 10.4. The molecule has 1 heterocycles. The van der Waals surface area contributed by atoms with Crippen LogP contribution in [-0.2, 0) is 53.1 Å². The number of ether oxygens (including phenoxy) is 6. The zero-order valence-corrected chi connectivity index (χ0v) is 25.2. The van der Waals surface area contributed by atoms with Gasteiger partial charge in [-0.2, -0.15) is 0 Å². The fourth-order valence-corrected chi connectivity index (χ4v) is 5.96. The van der Waals surface area contributed by atoms with Crippen molar-refractivity contribution in [2.24, 2.45) is 5.92 Å². The van der Waals surface area contributed by atoms with E-state index in [4.69, 9.17) is 28.4 Å². The predicted molar refractivity (Wildman–Crippen MR) is 162 cm³/mol. The number of methoxy groups -OCH3 is 2. The second-order valence-electron chi connectivity index (χ2n) is 10.9. The molecule has 1 saturated heterocycles. The lowest BCUT2D eigenvalue weighted by atomic mass is 9.66. The minimum absolute atomic E-state index is 0.0123. The molecular weight excluding hydrogens is 562 g/mol. The molecule has 0 aromatic heterocycles. The van der Waals surface area contributed by atoms with E-state index in [2.05, 4.69) is 5.32 Å². The molecule has 1 fully saturated rings. The van der Waals surface area contributed by atoms with Crippen LogP contribution < -0.4 is 10.1 Å². The van der Waals surface area contributed by atoms with Gasteiger partial charge in [0.25, 0.3) is 0 Å². The number of nitrogens with one attached hydrogen (secondary N) is 1. The molecule has 5 rings (SSSR count). The van der Waals surface area contributed by atoms with E-state index in [1.54, 1.807) is 7.11 Å². The Morgan fingerprint density at radius 1 is 0.750 bits per heavy atom. The van der Waals surface area contributed by atoms with E-state index in [-0.39, 0.29) is 32.1 Å². The zero-order valence-electron chi connectivity index (χ0n) is 25.2. The molecule has 1 amide bonds. The first-order valence-corrected chi connectivity index (χ1v) is 14.7. The number of rotatable bonds is 13. The molecule has 2 bridgehead atoms. The van der Waals surface area contributed by atoms with Crippen LogP contribution in [0.2, 0.25) is 0 Å². The molecule has 232 valence electrons. The van der Waals surface area contributed by atoms with Crippen LogP contribution in [0.4, 0.5) is 0 Å². The number of carbonyl (C=O) groups is 2. The minimum Gasteiger partial charge on any atom is -0.497 e. The third-order valence-electron chi connectivity index (χ3n) is 8.05. The molecule has 0 unspecified atom stereocenters. The Hall–Kier alpha value is -4.02. The number of fused-ring (bicyclic) bond motifs is 2. The van der Waals surface area contributed by atoms with Gasteiger partial charge in [-0.05, 0) is 28.8 Å². The van der Waals surface area contributed by atoms with Crippen molar-refractivity contribution in [2.45, 2.75) is 63.3 Å². The van der Waals surface area contributed by atoms with Crippen molar-refractivity contribution in [1.29, 1.82) is 0 Å². The molecular formula is C35H39NO8. The van der Waals surface area contributed by atoms with Gasteiger partial charge < -0.3 is 33.7 Å². The van der Waals surface area contributed by atoms with Crippen LogP contribution in [0.3, 0.4) is 0 Å². The predicted octanol–water partition coefficient (Wildman–Crippen LogP) is 4.73. The van der Waals surface area contributed by atoms with Crippen molar-refractivity contribution in [3.05, 3.63) is 114 Å². The second-order valence-corrected chi connectivity index (χ2v) is 10.9. The smallest absolute Gasteiger partial charge is 0.306 e. The molecule has 1 aliphatic heterocycles. The van der Waals surface area contributed by atoms with Crippen molar-refractivity contribution in [3.8, 4) is 5.75 Å². The summed E-state index contributed by atoms with van der Waals surface area (Å²) in [6, 6.07) is 27.0. The van der Waals surface area contributed by atoms with Crippen LogP contribution >= 0.6 is 0 Å². The molecule has 0 saturated carbocycles. The highest BCUT2D eigenvalue weighted by molar-refractivity contribution is 5.75. The molecule has 0 spiro atoms. The molecule has 6 atom stereocenters. The van der Waals surface area contributed by atoms with Crippen LogP contribution in [0.25, 0.3) is 0 Å². The maximum atomic E-state index is 13.0. The summed E-state index contributed by atoms with van der Waals surface area (Å²) in [5.74, 6) is -0.535. The Morgan fingerprint density at radius 3 is 1.89 bits per heavy atom. The number of hydrogen-bond donors (Lipinski definition) is 1. The Balaban J connectivity index is 1.54. The Bertz CT molecular complexity index is 1400. The van der Waals surface area contributed by atoms with Crippen molar-refractivity contribution in [2.75, 3.05) is 14.2 Å². The van der Waals surface area contributed by atoms with E-state index in [0.29, 0.717) is 0 Å². The lowest BCUT2D eigenvalue weighted by Gasteiger charge is -2.58. The highest BCUT2D eigenvalue weighted by atomic mass is 16.7. The van der Waals surface area contributed by atoms with Gasteiger partial charge in [0.1, 0.15) is 29.6 Å². The summed E-state index contributed by atoms with van der Waals surface area (Å²) in [5.41, 5.74) is 1.54. The van der Waals surface area contributed by atoms with E-state index < -0.39 is 42.0 Å². The quantitative estimate of drug-likeness (QED) is 0.222. The average molecular weight is 602 g/mol. The number of carbonyl (C=O) groups excluding carboxylic acids is 2. The molecule has 1 aliphatic carbocycles. The van der Waals surface area contributed by atoms with Gasteiger partial charge in [0.15, 0.2) is 6.29 Å². The molecule has 2 aliphatic rings. The summed E-state index contributed by atoms with van der Waals surface area (Å²) in [7, 11) is 2.96. The van der Waals surface area contributed by atoms with Crippen molar-refractivity contribution < 1.29 is 38.0 Å². The molecule has 9 heteroatoms. The van der Waals surface area contributed by atoms with E-state index in [9.17, 15) is 9.59 Å². The fourth-order valence-electron chi connectivity index (χ4n) is 5.96. The van der Waals surface area contributed by atoms with E-state index in [1.807, 2.05) is 97.1 Å². The van der Waals surface area contributed by atoms with Gasteiger partial charge in [-0.3, -0.25) is 9.59 Å². The monoisotopic (exact) mass is 601 g/mol. The Labute approximate surface area is 258 Å². The average Bonchev–Trinajstić information content (AvgIpc) is 3.04. The first-order chi connectivity index (χ1) is 21.4. The Morgan fingerprint density at radius 2 is 1.32 bits per heavy atom. The fraction of sp³-hybridized carbons (Fsp3) is 0.371. The van der Waals surface area contributed by atoms with E-state index >= 15 is 0 Å².